The van der Waals surface area contributed by atoms with Crippen LogP contribution in [0.3, 0.4) is 0 Å². The van der Waals surface area contributed by atoms with Gasteiger partial charge >= 0.3 is 0 Å². The van der Waals surface area contributed by atoms with Crippen LogP contribution in [-0.2, 0) is 0 Å². The van der Waals surface area contributed by atoms with Gasteiger partial charge in [0.15, 0.2) is 0 Å². The molecule has 3 heterocycles. The maximum absolute atomic E-state index is 4.56. The van der Waals surface area contributed by atoms with Crippen molar-refractivity contribution in [2.45, 2.75) is 0 Å². The Labute approximate surface area is 92.0 Å². The van der Waals surface area contributed by atoms with Crippen molar-refractivity contribution in [1.82, 2.24) is 15.3 Å². The van der Waals surface area contributed by atoms with Gasteiger partial charge in [-0.2, -0.15) is 0 Å². The average molecular weight is 220 g/mol. The highest BCUT2D eigenvalue weighted by atomic mass is 32.1. The van der Waals surface area contributed by atoms with E-state index in [1.54, 1.807) is 11.3 Å². The van der Waals surface area contributed by atoms with E-state index >= 15 is 0 Å². The summed E-state index contributed by atoms with van der Waals surface area (Å²) >= 11 is 1.69. The number of nitrogens with one attached hydrogen (secondary N) is 1. The van der Waals surface area contributed by atoms with Crippen LogP contribution in [0, 0.1) is 0 Å². The quantitative estimate of drug-likeness (QED) is 0.781. The maximum atomic E-state index is 4.56. The third kappa shape index (κ3) is 1.68. The lowest BCUT2D eigenvalue weighted by Crippen LogP contribution is -2.44. The third-order valence-electron chi connectivity index (χ3n) is 2.59. The van der Waals surface area contributed by atoms with E-state index in [0.29, 0.717) is 0 Å². The second-order valence-electron chi connectivity index (χ2n) is 3.58. The molecule has 0 aromatic carbocycles. The third-order valence-corrected chi connectivity index (χ3v) is 3.43. The first-order valence-corrected chi connectivity index (χ1v) is 5.97. The molecule has 2 aromatic heterocycles. The number of nitrogens with zero attached hydrogens (tertiary/aromatic N) is 3. The van der Waals surface area contributed by atoms with E-state index in [0.717, 1.165) is 42.3 Å². The Balaban J connectivity index is 1.95. The molecule has 3 rings (SSSR count). The number of rotatable bonds is 1. The predicted molar refractivity (Wildman–Crippen MR) is 62.5 cm³/mol. The predicted octanol–water partition coefficient (Wildman–Crippen LogP) is 1.10. The van der Waals surface area contributed by atoms with E-state index in [-0.39, 0.29) is 0 Å². The van der Waals surface area contributed by atoms with Crippen molar-refractivity contribution in [2.75, 3.05) is 31.1 Å². The zero-order valence-electron chi connectivity index (χ0n) is 8.31. The summed E-state index contributed by atoms with van der Waals surface area (Å²) in [4.78, 5) is 11.2. The Morgan fingerprint density at radius 3 is 3.07 bits per heavy atom. The minimum Gasteiger partial charge on any atom is -0.338 e. The highest BCUT2D eigenvalue weighted by Gasteiger charge is 2.13. The molecular weight excluding hydrogens is 208 g/mol. The van der Waals surface area contributed by atoms with Crippen LogP contribution in [0.15, 0.2) is 17.6 Å². The first-order valence-electron chi connectivity index (χ1n) is 5.09. The lowest BCUT2D eigenvalue weighted by atomic mass is 10.4. The number of anilines is 1. The molecule has 5 heteroatoms. The molecule has 0 unspecified atom stereocenters. The summed E-state index contributed by atoms with van der Waals surface area (Å²) in [5.41, 5.74) is 1.06. The van der Waals surface area contributed by atoms with Crippen LogP contribution >= 0.6 is 11.3 Å². The Morgan fingerprint density at radius 1 is 1.33 bits per heavy atom. The molecule has 78 valence electrons. The van der Waals surface area contributed by atoms with Gasteiger partial charge in [-0.15, -0.1) is 11.3 Å². The smallest absolute Gasteiger partial charge is 0.226 e. The fourth-order valence-electron chi connectivity index (χ4n) is 1.77. The molecule has 4 nitrogen and oxygen atoms in total. The number of piperazine rings is 1. The average Bonchev–Trinajstić information content (AvgIpc) is 2.77. The molecule has 0 atom stereocenters. The largest absolute Gasteiger partial charge is 0.338 e. The van der Waals surface area contributed by atoms with Gasteiger partial charge in [0.1, 0.15) is 0 Å². The van der Waals surface area contributed by atoms with Crippen molar-refractivity contribution in [3.63, 3.8) is 0 Å². The molecule has 0 aliphatic carbocycles. The second-order valence-corrected chi connectivity index (χ2v) is 4.52. The normalized spacial score (nSPS) is 17.2. The van der Waals surface area contributed by atoms with Gasteiger partial charge in [0.2, 0.25) is 5.95 Å². The summed E-state index contributed by atoms with van der Waals surface area (Å²) in [6.07, 6.45) is 1.92. The van der Waals surface area contributed by atoms with Crippen molar-refractivity contribution in [2.24, 2.45) is 0 Å². The first kappa shape index (κ1) is 9.06. The van der Waals surface area contributed by atoms with Gasteiger partial charge in [0, 0.05) is 26.2 Å². The molecule has 15 heavy (non-hydrogen) atoms. The second kappa shape index (κ2) is 3.75. The summed E-state index contributed by atoms with van der Waals surface area (Å²) < 4.78 is 1.16. The summed E-state index contributed by atoms with van der Waals surface area (Å²) in [6.45, 7) is 4.03. The van der Waals surface area contributed by atoms with E-state index < -0.39 is 0 Å². The Morgan fingerprint density at radius 2 is 2.20 bits per heavy atom. The van der Waals surface area contributed by atoms with E-state index in [9.17, 15) is 0 Å². The number of hydrogen-bond donors (Lipinski definition) is 1. The molecule has 1 saturated heterocycles. The summed E-state index contributed by atoms with van der Waals surface area (Å²) in [6, 6.07) is 2.05. The molecule has 1 N–H and O–H groups in total. The van der Waals surface area contributed by atoms with Gasteiger partial charge in [-0.3, -0.25) is 0 Å². The summed E-state index contributed by atoms with van der Waals surface area (Å²) in [7, 11) is 0. The summed E-state index contributed by atoms with van der Waals surface area (Å²) in [5.74, 6) is 0.863. The van der Waals surface area contributed by atoms with Crippen LogP contribution < -0.4 is 10.2 Å². The fraction of sp³-hybridized carbons (Fsp3) is 0.400. The molecule has 0 amide bonds. The molecule has 0 bridgehead atoms. The van der Waals surface area contributed by atoms with E-state index in [4.69, 9.17) is 0 Å². The topological polar surface area (TPSA) is 41.1 Å². The lowest BCUT2D eigenvalue weighted by molar-refractivity contribution is 0.580. The van der Waals surface area contributed by atoms with Crippen LogP contribution in [0.25, 0.3) is 10.2 Å². The van der Waals surface area contributed by atoms with Gasteiger partial charge in [-0.1, -0.05) is 0 Å². The van der Waals surface area contributed by atoms with Crippen LogP contribution in [0.4, 0.5) is 5.95 Å². The number of aromatic nitrogens is 2. The maximum Gasteiger partial charge on any atom is 0.226 e. The monoisotopic (exact) mass is 220 g/mol. The Kier molecular flexibility index (Phi) is 2.26. The highest BCUT2D eigenvalue weighted by Crippen LogP contribution is 2.20. The SMILES string of the molecule is c1cc2nc(N3CCNCC3)ncc2s1. The van der Waals surface area contributed by atoms with Crippen molar-refractivity contribution < 1.29 is 0 Å². The molecule has 1 aliphatic heterocycles. The Hall–Kier alpha value is -1.20. The van der Waals surface area contributed by atoms with Crippen LogP contribution in [0.5, 0.6) is 0 Å². The molecule has 2 aromatic rings. The lowest BCUT2D eigenvalue weighted by Gasteiger charge is -2.27. The molecular formula is C10H12N4S. The van der Waals surface area contributed by atoms with Gasteiger partial charge in [0.25, 0.3) is 0 Å². The minimum absolute atomic E-state index is 0.863. The fourth-order valence-corrected chi connectivity index (χ4v) is 2.46. The van der Waals surface area contributed by atoms with Gasteiger partial charge in [0.05, 0.1) is 16.4 Å². The van der Waals surface area contributed by atoms with Crippen LogP contribution in [-0.4, -0.2) is 36.1 Å². The Bertz CT molecular complexity index is 461. The van der Waals surface area contributed by atoms with E-state index in [1.807, 2.05) is 12.3 Å². The van der Waals surface area contributed by atoms with Gasteiger partial charge in [-0.05, 0) is 11.4 Å². The van der Waals surface area contributed by atoms with Crippen LogP contribution in [0.1, 0.15) is 0 Å². The highest BCUT2D eigenvalue weighted by molar-refractivity contribution is 7.17. The van der Waals surface area contributed by atoms with E-state index in [1.165, 1.54) is 0 Å². The summed E-state index contributed by atoms with van der Waals surface area (Å²) in [5, 5.41) is 5.38. The molecule has 1 fully saturated rings. The number of hydrogen-bond acceptors (Lipinski definition) is 5. The first-order chi connectivity index (χ1) is 7.43. The molecule has 1 aliphatic rings. The molecule has 0 radical (unpaired) electrons. The number of thiophene rings is 1. The van der Waals surface area contributed by atoms with Crippen LogP contribution in [0.2, 0.25) is 0 Å². The van der Waals surface area contributed by atoms with Crippen molar-refractivity contribution in [3.8, 4) is 0 Å². The standard InChI is InChI=1S/C10H12N4S/c1-6-15-9-7-12-10(13-8(1)9)14-4-2-11-3-5-14/h1,6-7,11H,2-5H2. The van der Waals surface area contributed by atoms with E-state index in [2.05, 4.69) is 25.6 Å². The van der Waals surface area contributed by atoms with Gasteiger partial charge in [-0.25, -0.2) is 9.97 Å². The zero-order valence-corrected chi connectivity index (χ0v) is 9.13. The van der Waals surface area contributed by atoms with Crippen molar-refractivity contribution in [1.29, 1.82) is 0 Å². The van der Waals surface area contributed by atoms with Crippen molar-refractivity contribution >= 4 is 27.5 Å². The molecule has 0 spiro atoms. The minimum atomic E-state index is 0.863. The van der Waals surface area contributed by atoms with Crippen molar-refractivity contribution in [3.05, 3.63) is 17.6 Å². The van der Waals surface area contributed by atoms with Gasteiger partial charge < -0.3 is 10.2 Å². The number of fused-ring (bicyclic) bond motifs is 1. The molecule has 0 saturated carbocycles. The zero-order chi connectivity index (χ0) is 10.1.